The SMILES string of the molecule is CC(C)(C)[C@H](c1nc(-c2cc(F)ccc2F)cn1Cc1ccccc1)N(CC[C@H](N)C(=O)[C@@](CCC(N)=O)(NCCN1C(=O)C=CC1=O)C(=O)O)C(=O)CO. The molecule has 4 rings (SSSR count). The molecule has 0 bridgehead atoms. The molecular formula is C38H45F2N7O8. The number of nitrogens with zero attached hydrogens (tertiary/aromatic N) is 4. The maximum atomic E-state index is 15.1. The number of carboxylic acid groups (broad SMARTS) is 1. The van der Waals surface area contributed by atoms with Crippen LogP contribution < -0.4 is 16.8 Å². The maximum Gasteiger partial charge on any atom is 0.331 e. The van der Waals surface area contributed by atoms with Gasteiger partial charge in [0.25, 0.3) is 11.8 Å². The Morgan fingerprint density at radius 1 is 1.02 bits per heavy atom. The first-order valence-electron chi connectivity index (χ1n) is 17.5. The summed E-state index contributed by atoms with van der Waals surface area (Å²) in [6.07, 6.45) is 2.10. The Kier molecular flexibility index (Phi) is 13.5. The fraction of sp³-hybridized carbons (Fsp3) is 0.395. The number of imide groups is 1. The van der Waals surface area contributed by atoms with Crippen LogP contribution in [0.2, 0.25) is 0 Å². The number of carboxylic acids is 1. The van der Waals surface area contributed by atoms with E-state index in [4.69, 9.17) is 16.5 Å². The molecule has 0 aliphatic carbocycles. The molecule has 1 aliphatic heterocycles. The van der Waals surface area contributed by atoms with Gasteiger partial charge in [0.05, 0.1) is 17.8 Å². The minimum absolute atomic E-state index is 0.0698. The first-order valence-corrected chi connectivity index (χ1v) is 17.5. The van der Waals surface area contributed by atoms with Crippen molar-refractivity contribution >= 4 is 35.4 Å². The zero-order valence-corrected chi connectivity index (χ0v) is 30.7. The highest BCUT2D eigenvalue weighted by molar-refractivity contribution is 6.13. The number of ketones is 1. The first-order chi connectivity index (χ1) is 25.9. The summed E-state index contributed by atoms with van der Waals surface area (Å²) in [5, 5.41) is 23.1. The van der Waals surface area contributed by atoms with E-state index < -0.39 is 89.5 Å². The molecule has 294 valence electrons. The highest BCUT2D eigenvalue weighted by Gasteiger charge is 2.48. The van der Waals surface area contributed by atoms with E-state index in [1.54, 1.807) is 25.3 Å². The lowest BCUT2D eigenvalue weighted by molar-refractivity contribution is -0.151. The fourth-order valence-electron chi connectivity index (χ4n) is 6.52. The maximum absolute atomic E-state index is 15.1. The van der Waals surface area contributed by atoms with Crippen molar-refractivity contribution in [1.29, 1.82) is 0 Å². The van der Waals surface area contributed by atoms with E-state index in [1.165, 1.54) is 11.1 Å². The molecule has 4 amide bonds. The molecule has 0 unspecified atom stereocenters. The van der Waals surface area contributed by atoms with E-state index >= 15 is 4.39 Å². The number of aliphatic carboxylic acids is 1. The van der Waals surface area contributed by atoms with Gasteiger partial charge in [-0.2, -0.15) is 0 Å². The predicted octanol–water partition coefficient (Wildman–Crippen LogP) is 1.67. The molecule has 0 saturated heterocycles. The van der Waals surface area contributed by atoms with Crippen LogP contribution in [0.5, 0.6) is 0 Å². The lowest BCUT2D eigenvalue weighted by atomic mass is 9.82. The monoisotopic (exact) mass is 765 g/mol. The molecule has 0 fully saturated rings. The Hall–Kier alpha value is -5.65. The summed E-state index contributed by atoms with van der Waals surface area (Å²) in [5.74, 6) is -6.92. The number of nitrogens with one attached hydrogen (secondary N) is 1. The second-order valence-electron chi connectivity index (χ2n) is 14.3. The number of aromatic nitrogens is 2. The minimum Gasteiger partial charge on any atom is -0.480 e. The van der Waals surface area contributed by atoms with Crippen molar-refractivity contribution in [3.8, 4) is 11.3 Å². The van der Waals surface area contributed by atoms with Crippen LogP contribution in [0.15, 0.2) is 66.9 Å². The smallest absolute Gasteiger partial charge is 0.331 e. The zero-order valence-electron chi connectivity index (χ0n) is 30.7. The Bertz CT molecular complexity index is 1940. The van der Waals surface area contributed by atoms with Gasteiger partial charge in [-0.3, -0.25) is 34.2 Å². The van der Waals surface area contributed by atoms with E-state index in [0.717, 1.165) is 40.8 Å². The van der Waals surface area contributed by atoms with Gasteiger partial charge in [-0.25, -0.2) is 18.6 Å². The van der Waals surface area contributed by atoms with Crippen LogP contribution in [0.4, 0.5) is 8.78 Å². The molecule has 7 N–H and O–H groups in total. The summed E-state index contributed by atoms with van der Waals surface area (Å²) in [4.78, 5) is 83.1. The van der Waals surface area contributed by atoms with Gasteiger partial charge in [0, 0.05) is 56.5 Å². The standard InChI is InChI=1S/C38H45F2N7O8/c1-37(2,3)33(35-44-28(25-19-24(39)9-10-26(25)40)21-45(35)20-23-7-5-4-6-8-23)47(32(52)22-48)17-14-27(41)34(53)38(36(54)55,15-13-29(42)49)43-16-18-46-30(50)11-12-31(46)51/h4-12,19,21,27,33,43,48H,13-18,20,22,41H2,1-3H3,(H2,42,49)(H,54,55)/t27-,33-,38+/m0/s1. The summed E-state index contributed by atoms with van der Waals surface area (Å²) in [6, 6.07) is 9.54. The number of imidazole rings is 1. The average molecular weight is 766 g/mol. The molecule has 55 heavy (non-hydrogen) atoms. The Balaban J connectivity index is 1.71. The van der Waals surface area contributed by atoms with Gasteiger partial charge in [-0.05, 0) is 42.0 Å². The number of aliphatic hydroxyl groups is 1. The van der Waals surface area contributed by atoms with Gasteiger partial charge in [-0.1, -0.05) is 51.1 Å². The van der Waals surface area contributed by atoms with Crippen LogP contribution in [0.3, 0.4) is 0 Å². The number of carbonyl (C=O) groups is 6. The second-order valence-corrected chi connectivity index (χ2v) is 14.3. The zero-order chi connectivity index (χ0) is 40.7. The number of nitrogens with two attached hydrogens (primary N) is 2. The number of Topliss-reactive ketones (excluding diaryl/α,β-unsaturated/α-hetero) is 1. The third-order valence-corrected chi connectivity index (χ3v) is 9.25. The van der Waals surface area contributed by atoms with E-state index in [2.05, 4.69) is 5.32 Å². The molecule has 3 aromatic rings. The van der Waals surface area contributed by atoms with Crippen molar-refractivity contribution in [1.82, 2.24) is 24.7 Å². The molecule has 2 heterocycles. The van der Waals surface area contributed by atoms with Crippen molar-refractivity contribution in [2.24, 2.45) is 16.9 Å². The van der Waals surface area contributed by atoms with Crippen molar-refractivity contribution in [2.75, 3.05) is 26.2 Å². The van der Waals surface area contributed by atoms with Gasteiger partial charge >= 0.3 is 5.97 Å². The van der Waals surface area contributed by atoms with Crippen LogP contribution in [0.1, 0.15) is 57.5 Å². The molecule has 3 atom stereocenters. The largest absolute Gasteiger partial charge is 0.480 e. The van der Waals surface area contributed by atoms with Crippen molar-refractivity contribution in [3.63, 3.8) is 0 Å². The predicted molar refractivity (Wildman–Crippen MR) is 194 cm³/mol. The van der Waals surface area contributed by atoms with Gasteiger partial charge in [0.15, 0.2) is 11.3 Å². The molecule has 1 aliphatic rings. The quantitative estimate of drug-likeness (QED) is 0.0871. The van der Waals surface area contributed by atoms with E-state index in [-0.39, 0.29) is 49.7 Å². The number of hydrogen-bond acceptors (Lipinski definition) is 10. The number of amides is 4. The summed E-state index contributed by atoms with van der Waals surface area (Å²) < 4.78 is 31.1. The normalized spacial score (nSPS) is 15.1. The second kappa shape index (κ2) is 17.7. The fourth-order valence-corrected chi connectivity index (χ4v) is 6.52. The van der Waals surface area contributed by atoms with Crippen LogP contribution in [-0.4, -0.2) is 103 Å². The van der Waals surface area contributed by atoms with E-state index in [9.17, 15) is 43.4 Å². The number of carbonyl (C=O) groups excluding carboxylic acids is 5. The number of hydrogen-bond donors (Lipinski definition) is 5. The van der Waals surface area contributed by atoms with Gasteiger partial charge < -0.3 is 31.1 Å². The number of benzene rings is 2. The summed E-state index contributed by atoms with van der Waals surface area (Å²) in [7, 11) is 0. The number of halogens is 2. The van der Waals surface area contributed by atoms with E-state index in [0.29, 0.717) is 0 Å². The van der Waals surface area contributed by atoms with Crippen molar-refractivity contribution in [2.45, 2.75) is 64.2 Å². The van der Waals surface area contributed by atoms with Gasteiger partial charge in [0.2, 0.25) is 11.8 Å². The molecule has 0 spiro atoms. The summed E-state index contributed by atoms with van der Waals surface area (Å²) in [5.41, 5.74) is 9.09. The molecule has 15 nitrogen and oxygen atoms in total. The van der Waals surface area contributed by atoms with Crippen LogP contribution in [0.25, 0.3) is 11.3 Å². The average Bonchev–Trinajstić information content (AvgIpc) is 3.68. The lowest BCUT2D eigenvalue weighted by Crippen LogP contribution is -2.64. The highest BCUT2D eigenvalue weighted by atomic mass is 19.1. The summed E-state index contributed by atoms with van der Waals surface area (Å²) >= 11 is 0. The number of aliphatic hydroxyl groups excluding tert-OH is 1. The third kappa shape index (κ3) is 9.92. The van der Waals surface area contributed by atoms with Crippen LogP contribution in [0, 0.1) is 17.0 Å². The molecule has 0 radical (unpaired) electrons. The highest BCUT2D eigenvalue weighted by Crippen LogP contribution is 2.40. The van der Waals surface area contributed by atoms with Gasteiger partial charge in [0.1, 0.15) is 24.1 Å². The first kappa shape index (κ1) is 42.1. The molecule has 17 heteroatoms. The summed E-state index contributed by atoms with van der Waals surface area (Å²) in [6.45, 7) is 3.62. The van der Waals surface area contributed by atoms with Crippen molar-refractivity contribution < 1.29 is 47.8 Å². The number of primary amides is 1. The van der Waals surface area contributed by atoms with Crippen molar-refractivity contribution in [3.05, 3.63) is 89.9 Å². The lowest BCUT2D eigenvalue weighted by Gasteiger charge is -2.40. The Morgan fingerprint density at radius 2 is 1.67 bits per heavy atom. The van der Waals surface area contributed by atoms with Crippen LogP contribution >= 0.6 is 0 Å². The van der Waals surface area contributed by atoms with Gasteiger partial charge in [-0.15, -0.1) is 0 Å². The Labute approximate surface area is 316 Å². The number of rotatable bonds is 19. The molecule has 2 aromatic carbocycles. The van der Waals surface area contributed by atoms with E-state index in [1.807, 2.05) is 30.3 Å². The minimum atomic E-state index is -2.49. The molecule has 1 aromatic heterocycles. The Morgan fingerprint density at radius 3 is 2.25 bits per heavy atom. The molecular weight excluding hydrogens is 720 g/mol. The third-order valence-electron chi connectivity index (χ3n) is 9.25. The topological polar surface area (TPSA) is 231 Å². The van der Waals surface area contributed by atoms with Crippen LogP contribution in [-0.2, 0) is 35.3 Å². The molecule has 0 saturated carbocycles.